The number of nitrogens with zero attached hydrogens (tertiary/aromatic N) is 2. The maximum atomic E-state index is 12.3. The van der Waals surface area contributed by atoms with Gasteiger partial charge in [-0.15, -0.1) is 16.6 Å². The van der Waals surface area contributed by atoms with Crippen molar-refractivity contribution in [2.45, 2.75) is 0 Å². The smallest absolute Gasteiger partial charge is 0.249 e. The number of hydrogen-bond acceptors (Lipinski definition) is 6. The van der Waals surface area contributed by atoms with Crippen LogP contribution in [0.2, 0.25) is 0 Å². The van der Waals surface area contributed by atoms with E-state index in [-0.39, 0.29) is 12.5 Å². The number of nitrogens with one attached hydrogen (secondary N) is 1. The molecule has 0 aliphatic heterocycles. The molecule has 1 N–H and O–H groups in total. The van der Waals surface area contributed by atoms with Gasteiger partial charge in [-0.2, -0.15) is 0 Å². The Morgan fingerprint density at radius 1 is 1.29 bits per heavy atom. The molecule has 1 heterocycles. The highest BCUT2D eigenvalue weighted by molar-refractivity contribution is 6.03. The zero-order valence-electron chi connectivity index (χ0n) is 15.1. The summed E-state index contributed by atoms with van der Waals surface area (Å²) in [6, 6.07) is 12.4. The van der Waals surface area contributed by atoms with Crippen LogP contribution in [0.1, 0.15) is 5.56 Å². The molecule has 1 aromatic heterocycles. The minimum absolute atomic E-state index is 0.146. The van der Waals surface area contributed by atoms with Crippen LogP contribution in [0.15, 0.2) is 59.4 Å². The molecule has 1 amide bonds. The summed E-state index contributed by atoms with van der Waals surface area (Å²) in [5.41, 5.74) is 1.97. The predicted molar refractivity (Wildman–Crippen MR) is 105 cm³/mol. The molecule has 28 heavy (non-hydrogen) atoms. The fraction of sp³-hybridized carbons (Fsp3) is 0.0952. The lowest BCUT2D eigenvalue weighted by molar-refractivity contribution is -0.111. The fourth-order valence-corrected chi connectivity index (χ4v) is 2.44. The lowest BCUT2D eigenvalue weighted by Crippen LogP contribution is -2.08. The van der Waals surface area contributed by atoms with Gasteiger partial charge in [0.05, 0.1) is 18.4 Å². The maximum absolute atomic E-state index is 12.3. The second-order valence-electron chi connectivity index (χ2n) is 5.52. The molecular weight excluding hydrogens is 358 g/mol. The summed E-state index contributed by atoms with van der Waals surface area (Å²) in [4.78, 5) is 12.3. The number of hydrogen-bond donors (Lipinski definition) is 1. The zero-order chi connectivity index (χ0) is 19.8. The summed E-state index contributed by atoms with van der Waals surface area (Å²) in [5, 5.41) is 10.3. The van der Waals surface area contributed by atoms with Gasteiger partial charge in [-0.1, -0.05) is 24.1 Å². The zero-order valence-corrected chi connectivity index (χ0v) is 15.1. The first-order chi connectivity index (χ1) is 13.7. The number of anilines is 1. The normalized spacial score (nSPS) is 10.4. The van der Waals surface area contributed by atoms with Gasteiger partial charge in [0, 0.05) is 6.08 Å². The van der Waals surface area contributed by atoms with Gasteiger partial charge in [0.25, 0.3) is 0 Å². The molecule has 0 spiro atoms. The topological polar surface area (TPSA) is 86.5 Å². The molecule has 0 aliphatic rings. The number of ether oxygens (including phenoxy) is 2. The van der Waals surface area contributed by atoms with Crippen molar-refractivity contribution in [1.29, 1.82) is 0 Å². The molecule has 0 atom stereocenters. The third-order valence-corrected chi connectivity index (χ3v) is 3.70. The van der Waals surface area contributed by atoms with E-state index < -0.39 is 0 Å². The standard InChI is InChI=1S/C21H17N3O4/c1-3-12-27-18-10-8-15(13-19(18)26-2)9-11-20(25)23-17-7-5-4-6-16(17)21-24-22-14-28-21/h1,4-11,13-14H,12H2,2H3,(H,23,25)/b11-9+. The quantitative estimate of drug-likeness (QED) is 0.503. The van der Waals surface area contributed by atoms with Gasteiger partial charge in [0.1, 0.15) is 6.61 Å². The summed E-state index contributed by atoms with van der Waals surface area (Å²) in [6.07, 6.45) is 9.52. The molecule has 0 unspecified atom stereocenters. The van der Waals surface area contributed by atoms with E-state index in [0.29, 0.717) is 28.6 Å². The molecule has 0 saturated carbocycles. The summed E-state index contributed by atoms with van der Waals surface area (Å²) in [5.74, 6) is 3.48. The van der Waals surface area contributed by atoms with Crippen LogP contribution in [0, 0.1) is 12.3 Å². The Morgan fingerprint density at radius 3 is 2.89 bits per heavy atom. The second kappa shape index (κ2) is 9.05. The van der Waals surface area contributed by atoms with Crippen LogP contribution in [-0.4, -0.2) is 29.8 Å². The summed E-state index contributed by atoms with van der Waals surface area (Å²) in [6.45, 7) is 0.146. The van der Waals surface area contributed by atoms with Crippen molar-refractivity contribution in [2.24, 2.45) is 0 Å². The first-order valence-electron chi connectivity index (χ1n) is 8.30. The van der Waals surface area contributed by atoms with Gasteiger partial charge >= 0.3 is 0 Å². The number of aromatic nitrogens is 2. The molecule has 0 bridgehead atoms. The molecule has 140 valence electrons. The number of carbonyl (C=O) groups is 1. The van der Waals surface area contributed by atoms with Gasteiger partial charge < -0.3 is 19.2 Å². The summed E-state index contributed by atoms with van der Waals surface area (Å²) in [7, 11) is 1.53. The minimum Gasteiger partial charge on any atom is -0.493 e. The van der Waals surface area contributed by atoms with Gasteiger partial charge in [-0.25, -0.2) is 0 Å². The van der Waals surface area contributed by atoms with Crippen LogP contribution in [0.3, 0.4) is 0 Å². The molecule has 0 radical (unpaired) electrons. The lowest BCUT2D eigenvalue weighted by atomic mass is 10.1. The second-order valence-corrected chi connectivity index (χ2v) is 5.52. The van der Waals surface area contributed by atoms with Crippen LogP contribution < -0.4 is 14.8 Å². The lowest BCUT2D eigenvalue weighted by Gasteiger charge is -2.09. The highest BCUT2D eigenvalue weighted by Gasteiger charge is 2.11. The van der Waals surface area contributed by atoms with E-state index in [0.717, 1.165) is 5.56 Å². The third kappa shape index (κ3) is 4.56. The number of amides is 1. The highest BCUT2D eigenvalue weighted by atomic mass is 16.5. The first-order valence-corrected chi connectivity index (χ1v) is 8.30. The average Bonchev–Trinajstić information content (AvgIpc) is 3.26. The SMILES string of the molecule is C#CCOc1ccc(/C=C/C(=O)Nc2ccccc2-c2nnco2)cc1OC. The van der Waals surface area contributed by atoms with Crippen molar-refractivity contribution in [1.82, 2.24) is 10.2 Å². The van der Waals surface area contributed by atoms with Crippen LogP contribution in [0.5, 0.6) is 11.5 Å². The number of carbonyl (C=O) groups excluding carboxylic acids is 1. The summed E-state index contributed by atoms with van der Waals surface area (Å²) >= 11 is 0. The van der Waals surface area contributed by atoms with E-state index in [1.807, 2.05) is 6.07 Å². The van der Waals surface area contributed by atoms with Gasteiger partial charge in [0.15, 0.2) is 11.5 Å². The fourth-order valence-electron chi connectivity index (χ4n) is 2.44. The molecule has 7 heteroatoms. The number of benzene rings is 2. The Labute approximate surface area is 162 Å². The van der Waals surface area contributed by atoms with Crippen LogP contribution >= 0.6 is 0 Å². The molecule has 3 rings (SSSR count). The summed E-state index contributed by atoms with van der Waals surface area (Å²) < 4.78 is 15.9. The molecule has 0 aliphatic carbocycles. The Bertz CT molecular complexity index is 1020. The highest BCUT2D eigenvalue weighted by Crippen LogP contribution is 2.29. The Hall–Kier alpha value is -4.05. The molecule has 7 nitrogen and oxygen atoms in total. The van der Waals surface area contributed by atoms with Gasteiger partial charge in [0.2, 0.25) is 18.2 Å². The minimum atomic E-state index is -0.307. The number of para-hydroxylation sites is 1. The largest absolute Gasteiger partial charge is 0.493 e. The van der Waals surface area contributed by atoms with E-state index in [4.69, 9.17) is 20.3 Å². The van der Waals surface area contributed by atoms with Crippen LogP contribution in [0.4, 0.5) is 5.69 Å². The number of methoxy groups -OCH3 is 1. The van der Waals surface area contributed by atoms with Crippen molar-refractivity contribution in [3.8, 4) is 35.3 Å². The Morgan fingerprint density at radius 2 is 2.14 bits per heavy atom. The third-order valence-electron chi connectivity index (χ3n) is 3.70. The van der Waals surface area contributed by atoms with Crippen LogP contribution in [0.25, 0.3) is 17.5 Å². The first kappa shape index (κ1) is 18.7. The van der Waals surface area contributed by atoms with Gasteiger partial charge in [-0.05, 0) is 35.9 Å². The number of rotatable bonds is 7. The van der Waals surface area contributed by atoms with Crippen LogP contribution in [-0.2, 0) is 4.79 Å². The van der Waals surface area contributed by atoms with E-state index in [2.05, 4.69) is 21.4 Å². The van der Waals surface area contributed by atoms with Crippen molar-refractivity contribution >= 4 is 17.7 Å². The molecule has 0 saturated heterocycles. The Kier molecular flexibility index (Phi) is 6.06. The maximum Gasteiger partial charge on any atom is 0.249 e. The van der Waals surface area contributed by atoms with E-state index in [1.165, 1.54) is 19.6 Å². The van der Waals surface area contributed by atoms with Crippen molar-refractivity contribution in [2.75, 3.05) is 19.0 Å². The van der Waals surface area contributed by atoms with E-state index >= 15 is 0 Å². The molecule has 3 aromatic rings. The monoisotopic (exact) mass is 375 g/mol. The van der Waals surface area contributed by atoms with E-state index in [9.17, 15) is 4.79 Å². The van der Waals surface area contributed by atoms with Gasteiger partial charge in [-0.3, -0.25) is 4.79 Å². The average molecular weight is 375 g/mol. The molecular formula is C21H17N3O4. The van der Waals surface area contributed by atoms with Crippen molar-refractivity contribution < 1.29 is 18.7 Å². The Balaban J connectivity index is 1.72. The van der Waals surface area contributed by atoms with Crippen molar-refractivity contribution in [3.63, 3.8) is 0 Å². The molecule has 2 aromatic carbocycles. The predicted octanol–water partition coefficient (Wildman–Crippen LogP) is 3.41. The molecule has 0 fully saturated rings. The van der Waals surface area contributed by atoms with E-state index in [1.54, 1.807) is 42.5 Å². The van der Waals surface area contributed by atoms with Crippen molar-refractivity contribution in [3.05, 3.63) is 60.5 Å². The number of terminal acetylenes is 1.